The first-order valence-electron chi connectivity index (χ1n) is 12.4. The van der Waals surface area contributed by atoms with Gasteiger partial charge in [-0.25, -0.2) is 4.79 Å². The first-order chi connectivity index (χ1) is 16.5. The number of carbonyl (C=O) groups is 1. The number of piperidine rings is 1. The zero-order valence-electron chi connectivity index (χ0n) is 19.9. The number of nitrogens with one attached hydrogen (secondary N) is 1. The van der Waals surface area contributed by atoms with Crippen LogP contribution in [-0.2, 0) is 13.6 Å². The van der Waals surface area contributed by atoms with E-state index in [9.17, 15) is 4.79 Å². The molecule has 0 amide bonds. The van der Waals surface area contributed by atoms with Crippen molar-refractivity contribution in [2.45, 2.75) is 31.7 Å². The zero-order valence-corrected chi connectivity index (χ0v) is 19.9. The fraction of sp³-hybridized carbons (Fsp3) is 0.429. The van der Waals surface area contributed by atoms with Gasteiger partial charge < -0.3 is 10.4 Å². The first-order valence-corrected chi connectivity index (χ1v) is 12.4. The Kier molecular flexibility index (Phi) is 6.79. The minimum Gasteiger partial charge on any atom is -0.478 e. The van der Waals surface area contributed by atoms with Gasteiger partial charge in [0.2, 0.25) is 0 Å². The third-order valence-electron chi connectivity index (χ3n) is 7.45. The number of carboxylic acid groups (broad SMARTS) is 1. The molecule has 0 radical (unpaired) electrons. The second-order valence-electron chi connectivity index (χ2n) is 10.0. The van der Waals surface area contributed by atoms with E-state index in [4.69, 9.17) is 5.11 Å². The van der Waals surface area contributed by atoms with Crippen molar-refractivity contribution in [3.05, 3.63) is 77.6 Å². The lowest BCUT2D eigenvalue weighted by Crippen LogP contribution is -2.37. The van der Waals surface area contributed by atoms with Crippen LogP contribution < -0.4 is 5.32 Å². The Morgan fingerprint density at radius 1 is 1.03 bits per heavy atom. The van der Waals surface area contributed by atoms with Gasteiger partial charge in [-0.2, -0.15) is 5.10 Å². The fourth-order valence-electron chi connectivity index (χ4n) is 5.21. The highest BCUT2D eigenvalue weighted by Crippen LogP contribution is 2.47. The summed E-state index contributed by atoms with van der Waals surface area (Å²) in [6.07, 6.45) is 7.72. The van der Waals surface area contributed by atoms with Crippen LogP contribution in [0.4, 0.5) is 0 Å². The second-order valence-corrected chi connectivity index (χ2v) is 10.0. The van der Waals surface area contributed by atoms with E-state index in [0.717, 1.165) is 44.6 Å². The number of benzene rings is 2. The highest BCUT2D eigenvalue weighted by Gasteiger charge is 2.37. The number of rotatable bonds is 9. The van der Waals surface area contributed by atoms with E-state index in [0.29, 0.717) is 11.5 Å². The SMILES string of the molecule is Cn1cc(-c2ccc([C@H]3CC3CNCC3CCN(Cc4ccc(C(=O)O)cc4)CC3)cc2)cn1. The van der Waals surface area contributed by atoms with Gasteiger partial charge in [0, 0.05) is 25.4 Å². The molecule has 2 atom stereocenters. The highest BCUT2D eigenvalue weighted by molar-refractivity contribution is 5.87. The minimum absolute atomic E-state index is 0.355. The maximum absolute atomic E-state index is 11.0. The molecule has 2 fully saturated rings. The van der Waals surface area contributed by atoms with E-state index >= 15 is 0 Å². The molecule has 1 saturated heterocycles. The van der Waals surface area contributed by atoms with Gasteiger partial charge in [-0.3, -0.25) is 9.58 Å². The third-order valence-corrected chi connectivity index (χ3v) is 7.45. The molecular formula is C28H34N4O2. The average molecular weight is 459 g/mol. The van der Waals surface area contributed by atoms with Gasteiger partial charge in [0.15, 0.2) is 0 Å². The predicted octanol–water partition coefficient (Wildman–Crippen LogP) is 4.39. The highest BCUT2D eigenvalue weighted by atomic mass is 16.4. The van der Waals surface area contributed by atoms with Crippen molar-refractivity contribution in [3.8, 4) is 11.1 Å². The monoisotopic (exact) mass is 458 g/mol. The summed E-state index contributed by atoms with van der Waals surface area (Å²) in [4.78, 5) is 13.5. The molecule has 2 aromatic carbocycles. The molecule has 6 heteroatoms. The van der Waals surface area contributed by atoms with Gasteiger partial charge in [0.05, 0.1) is 11.8 Å². The van der Waals surface area contributed by atoms with Crippen LogP contribution in [-0.4, -0.2) is 51.9 Å². The molecule has 178 valence electrons. The molecule has 2 heterocycles. The second kappa shape index (κ2) is 10.1. The van der Waals surface area contributed by atoms with E-state index in [1.165, 1.54) is 41.5 Å². The zero-order chi connectivity index (χ0) is 23.5. The normalized spacial score (nSPS) is 21.0. The summed E-state index contributed by atoms with van der Waals surface area (Å²) in [5, 5.41) is 17.1. The van der Waals surface area contributed by atoms with Crippen molar-refractivity contribution in [1.29, 1.82) is 0 Å². The summed E-state index contributed by atoms with van der Waals surface area (Å²) in [7, 11) is 1.95. The van der Waals surface area contributed by atoms with Gasteiger partial charge in [0.25, 0.3) is 0 Å². The van der Waals surface area contributed by atoms with Crippen LogP contribution in [0.2, 0.25) is 0 Å². The quantitative estimate of drug-likeness (QED) is 0.498. The molecule has 3 aromatic rings. The number of aromatic nitrogens is 2. The molecular weight excluding hydrogens is 424 g/mol. The van der Waals surface area contributed by atoms with Crippen molar-refractivity contribution >= 4 is 5.97 Å². The summed E-state index contributed by atoms with van der Waals surface area (Å²) >= 11 is 0. The number of hydrogen-bond acceptors (Lipinski definition) is 4. The number of aromatic carboxylic acids is 1. The Hall–Kier alpha value is -2.96. The molecule has 1 aliphatic heterocycles. The third kappa shape index (κ3) is 5.57. The van der Waals surface area contributed by atoms with Gasteiger partial charge in [0.1, 0.15) is 0 Å². The average Bonchev–Trinajstić information content (AvgIpc) is 3.50. The van der Waals surface area contributed by atoms with Crippen molar-refractivity contribution in [3.63, 3.8) is 0 Å². The molecule has 2 N–H and O–H groups in total. The first kappa shape index (κ1) is 22.8. The van der Waals surface area contributed by atoms with E-state index in [-0.39, 0.29) is 0 Å². The lowest BCUT2D eigenvalue weighted by atomic mass is 9.96. The van der Waals surface area contributed by atoms with E-state index < -0.39 is 5.97 Å². The molecule has 1 aliphatic carbocycles. The Labute approximate surface area is 201 Å². The Morgan fingerprint density at radius 3 is 2.41 bits per heavy atom. The fourth-order valence-corrected chi connectivity index (χ4v) is 5.21. The number of likely N-dealkylation sites (tertiary alicyclic amines) is 1. The van der Waals surface area contributed by atoms with Crippen LogP contribution in [0.15, 0.2) is 60.9 Å². The van der Waals surface area contributed by atoms with Crippen molar-refractivity contribution in [1.82, 2.24) is 20.0 Å². The van der Waals surface area contributed by atoms with Crippen molar-refractivity contribution in [2.24, 2.45) is 18.9 Å². The molecule has 0 bridgehead atoms. The van der Waals surface area contributed by atoms with Gasteiger partial charge in [-0.15, -0.1) is 0 Å². The van der Waals surface area contributed by atoms with Crippen LogP contribution in [0.1, 0.15) is 46.7 Å². The van der Waals surface area contributed by atoms with Crippen LogP contribution in [0.3, 0.4) is 0 Å². The molecule has 34 heavy (non-hydrogen) atoms. The van der Waals surface area contributed by atoms with Crippen LogP contribution in [0.5, 0.6) is 0 Å². The standard InChI is InChI=1S/C28H34N4O2/c1-31-19-26(17-30-31)22-6-8-23(9-7-22)27-14-25(27)16-29-15-20-10-12-32(13-11-20)18-21-2-4-24(5-3-21)28(33)34/h2-9,17,19-20,25,27,29H,10-16,18H2,1H3,(H,33,34)/t25?,27-/m1/s1. The summed E-state index contributed by atoms with van der Waals surface area (Å²) < 4.78 is 1.84. The topological polar surface area (TPSA) is 70.4 Å². The number of aryl methyl sites for hydroxylation is 1. The molecule has 1 aromatic heterocycles. The smallest absolute Gasteiger partial charge is 0.335 e. The summed E-state index contributed by atoms with van der Waals surface area (Å²) in [5.41, 5.74) is 5.41. The van der Waals surface area contributed by atoms with E-state index in [1.807, 2.05) is 30.1 Å². The molecule has 0 spiro atoms. The Morgan fingerprint density at radius 2 is 1.76 bits per heavy atom. The summed E-state index contributed by atoms with van der Waals surface area (Å²) in [6.45, 7) is 5.36. The molecule has 1 saturated carbocycles. The lowest BCUT2D eigenvalue weighted by Gasteiger charge is -2.32. The number of carboxylic acids is 1. The molecule has 2 aliphatic rings. The Balaban J connectivity index is 0.998. The minimum atomic E-state index is -0.865. The van der Waals surface area contributed by atoms with Crippen LogP contribution >= 0.6 is 0 Å². The van der Waals surface area contributed by atoms with Crippen LogP contribution in [0, 0.1) is 11.8 Å². The maximum Gasteiger partial charge on any atom is 0.335 e. The molecule has 6 nitrogen and oxygen atoms in total. The van der Waals surface area contributed by atoms with E-state index in [1.54, 1.807) is 12.1 Å². The number of nitrogens with zero attached hydrogens (tertiary/aromatic N) is 3. The lowest BCUT2D eigenvalue weighted by molar-refractivity contribution is 0.0697. The summed E-state index contributed by atoms with van der Waals surface area (Å²) in [6, 6.07) is 16.3. The van der Waals surface area contributed by atoms with Crippen molar-refractivity contribution < 1.29 is 9.90 Å². The predicted molar refractivity (Wildman–Crippen MR) is 134 cm³/mol. The summed E-state index contributed by atoms with van der Waals surface area (Å²) in [5.74, 6) is 1.35. The van der Waals surface area contributed by atoms with Crippen molar-refractivity contribution in [2.75, 3.05) is 26.2 Å². The van der Waals surface area contributed by atoms with E-state index in [2.05, 4.69) is 45.8 Å². The molecule has 5 rings (SSSR count). The molecule has 1 unspecified atom stereocenters. The Bertz CT molecular complexity index is 1100. The van der Waals surface area contributed by atoms with Gasteiger partial charge in [-0.1, -0.05) is 36.4 Å². The maximum atomic E-state index is 11.0. The van der Waals surface area contributed by atoms with Gasteiger partial charge >= 0.3 is 5.97 Å². The van der Waals surface area contributed by atoms with Crippen LogP contribution in [0.25, 0.3) is 11.1 Å². The largest absolute Gasteiger partial charge is 0.478 e. The number of hydrogen-bond donors (Lipinski definition) is 2. The van der Waals surface area contributed by atoms with Gasteiger partial charge in [-0.05, 0) is 92.0 Å².